The van der Waals surface area contributed by atoms with Crippen LogP contribution in [-0.4, -0.2) is 28.0 Å². The van der Waals surface area contributed by atoms with Crippen LogP contribution in [0.2, 0.25) is 0 Å². The molecule has 2 amide bonds. The first-order chi connectivity index (χ1) is 19.0. The van der Waals surface area contributed by atoms with Crippen molar-refractivity contribution in [3.8, 4) is 5.75 Å². The number of carbonyl (C=O) groups excluding carboxylic acids is 2. The summed E-state index contributed by atoms with van der Waals surface area (Å²) < 4.78 is 11.3. The van der Waals surface area contributed by atoms with Crippen LogP contribution in [0.15, 0.2) is 94.4 Å². The van der Waals surface area contributed by atoms with E-state index < -0.39 is 16.8 Å². The highest BCUT2D eigenvalue weighted by atomic mass is 16.6. The van der Waals surface area contributed by atoms with Gasteiger partial charge in [0.25, 0.3) is 11.8 Å². The molecule has 192 valence electrons. The molecule has 2 heterocycles. The largest absolute Gasteiger partial charge is 0.479 e. The minimum absolute atomic E-state index is 0.0374. The minimum Gasteiger partial charge on any atom is -0.479 e. The molecule has 1 fully saturated rings. The Bertz CT molecular complexity index is 1580. The molecule has 0 spiro atoms. The molecule has 0 radical (unpaired) electrons. The number of nitro benzene ring substituents is 1. The van der Waals surface area contributed by atoms with Gasteiger partial charge in [-0.2, -0.15) is 10.1 Å². The van der Waals surface area contributed by atoms with Crippen molar-refractivity contribution in [1.29, 1.82) is 0 Å². The van der Waals surface area contributed by atoms with Gasteiger partial charge in [0, 0.05) is 17.9 Å². The van der Waals surface area contributed by atoms with E-state index >= 15 is 0 Å². The number of nitrogens with zero attached hydrogens (tertiary/aromatic N) is 3. The van der Waals surface area contributed by atoms with Gasteiger partial charge in [0.15, 0.2) is 5.75 Å². The Morgan fingerprint density at radius 3 is 1.92 bits per heavy atom. The van der Waals surface area contributed by atoms with Gasteiger partial charge in [-0.05, 0) is 40.5 Å². The fourth-order valence-electron chi connectivity index (χ4n) is 6.31. The molecule has 2 bridgehead atoms. The molecule has 8 rings (SSSR count). The van der Waals surface area contributed by atoms with Gasteiger partial charge in [0.05, 0.1) is 23.0 Å². The summed E-state index contributed by atoms with van der Waals surface area (Å²) in [6, 6.07) is 25.5. The summed E-state index contributed by atoms with van der Waals surface area (Å²) in [4.78, 5) is 37.9. The van der Waals surface area contributed by atoms with Crippen molar-refractivity contribution >= 4 is 23.7 Å². The molecule has 9 heteroatoms. The Kier molecular flexibility index (Phi) is 5.19. The van der Waals surface area contributed by atoms with E-state index in [0.717, 1.165) is 27.3 Å². The van der Waals surface area contributed by atoms with Gasteiger partial charge in [-0.25, -0.2) is 0 Å². The number of imide groups is 1. The first-order valence-electron chi connectivity index (χ1n) is 12.6. The van der Waals surface area contributed by atoms with Crippen molar-refractivity contribution in [2.45, 2.75) is 18.4 Å². The summed E-state index contributed by atoms with van der Waals surface area (Å²) >= 11 is 0. The highest BCUT2D eigenvalue weighted by Crippen LogP contribution is 2.60. The molecule has 1 aromatic heterocycles. The number of furan rings is 1. The second-order valence-electron chi connectivity index (χ2n) is 9.82. The number of hydrogen-bond donors (Lipinski definition) is 0. The molecular formula is C30H21N3O6. The van der Waals surface area contributed by atoms with Crippen LogP contribution in [0.25, 0.3) is 0 Å². The molecule has 1 aliphatic heterocycles. The number of carbonyl (C=O) groups is 2. The summed E-state index contributed by atoms with van der Waals surface area (Å²) in [5.41, 5.74) is 4.26. The summed E-state index contributed by atoms with van der Waals surface area (Å²) in [7, 11) is 0. The molecule has 3 aliphatic carbocycles. The van der Waals surface area contributed by atoms with Crippen molar-refractivity contribution in [3.05, 3.63) is 129 Å². The Balaban J connectivity index is 1.13. The molecule has 2 atom stereocenters. The zero-order valence-corrected chi connectivity index (χ0v) is 20.5. The summed E-state index contributed by atoms with van der Waals surface area (Å²) in [5, 5.41) is 16.4. The van der Waals surface area contributed by atoms with Gasteiger partial charge in [-0.3, -0.25) is 19.7 Å². The number of nitro groups is 1. The average Bonchev–Trinajstić information content (AvgIpc) is 3.52. The number of benzene rings is 3. The number of rotatable bonds is 6. The second kappa shape index (κ2) is 8.76. The molecule has 1 saturated heterocycles. The van der Waals surface area contributed by atoms with Crippen LogP contribution < -0.4 is 4.74 Å². The average molecular weight is 520 g/mol. The topological polar surface area (TPSA) is 115 Å². The van der Waals surface area contributed by atoms with E-state index in [1.807, 2.05) is 24.3 Å². The van der Waals surface area contributed by atoms with Crippen LogP contribution in [0.4, 0.5) is 5.69 Å². The third-order valence-corrected chi connectivity index (χ3v) is 7.84. The Labute approximate surface area is 222 Å². The number of para-hydroxylation sites is 2. The number of hydrazone groups is 1. The predicted octanol–water partition coefficient (Wildman–Crippen LogP) is 4.99. The fourth-order valence-corrected chi connectivity index (χ4v) is 6.31. The lowest BCUT2D eigenvalue weighted by atomic mass is 9.55. The monoisotopic (exact) mass is 519 g/mol. The van der Waals surface area contributed by atoms with E-state index in [4.69, 9.17) is 9.15 Å². The van der Waals surface area contributed by atoms with E-state index in [1.165, 1.54) is 18.3 Å². The van der Waals surface area contributed by atoms with Gasteiger partial charge in [-0.15, -0.1) is 0 Å². The van der Waals surface area contributed by atoms with Crippen molar-refractivity contribution in [2.75, 3.05) is 0 Å². The van der Waals surface area contributed by atoms with Crippen LogP contribution >= 0.6 is 0 Å². The predicted molar refractivity (Wildman–Crippen MR) is 139 cm³/mol. The smallest absolute Gasteiger partial charge is 0.310 e. The fraction of sp³-hybridized carbons (Fsp3) is 0.167. The van der Waals surface area contributed by atoms with Crippen LogP contribution in [-0.2, 0) is 16.2 Å². The van der Waals surface area contributed by atoms with E-state index in [9.17, 15) is 19.7 Å². The quantitative estimate of drug-likeness (QED) is 0.153. The Hall–Kier alpha value is -5.05. The normalized spacial score (nSPS) is 22.6. The molecule has 0 N–H and O–H groups in total. The maximum absolute atomic E-state index is 13.6. The SMILES string of the molecule is O=C1[C@@H]2C3c4ccccc4C(c4ccccc43)[C@H]2C(=O)N1/N=C\c1ccc(COc2ccccc2[N+](=O)[O-])o1. The van der Waals surface area contributed by atoms with Crippen molar-refractivity contribution in [2.24, 2.45) is 16.9 Å². The zero-order chi connectivity index (χ0) is 26.7. The van der Waals surface area contributed by atoms with Gasteiger partial charge >= 0.3 is 5.69 Å². The van der Waals surface area contributed by atoms with Crippen LogP contribution in [0.1, 0.15) is 45.6 Å². The summed E-state index contributed by atoms with van der Waals surface area (Å²) in [6.45, 7) is -0.0374. The maximum atomic E-state index is 13.6. The molecular weight excluding hydrogens is 498 g/mol. The molecule has 3 aromatic carbocycles. The number of amides is 2. The lowest BCUT2D eigenvalue weighted by Gasteiger charge is -2.45. The minimum atomic E-state index is -0.513. The molecule has 0 saturated carbocycles. The summed E-state index contributed by atoms with van der Waals surface area (Å²) in [5.74, 6) is -1.18. The molecule has 9 nitrogen and oxygen atoms in total. The number of hydrogen-bond acceptors (Lipinski definition) is 7. The van der Waals surface area contributed by atoms with Crippen LogP contribution in [0.5, 0.6) is 5.75 Å². The third kappa shape index (κ3) is 3.50. The van der Waals surface area contributed by atoms with Crippen molar-refractivity contribution in [1.82, 2.24) is 5.01 Å². The van der Waals surface area contributed by atoms with Crippen molar-refractivity contribution in [3.63, 3.8) is 0 Å². The van der Waals surface area contributed by atoms with Gasteiger partial charge < -0.3 is 9.15 Å². The Morgan fingerprint density at radius 2 is 1.36 bits per heavy atom. The first-order valence-corrected chi connectivity index (χ1v) is 12.6. The lowest BCUT2D eigenvalue weighted by molar-refractivity contribution is -0.386. The second-order valence-corrected chi connectivity index (χ2v) is 9.82. The van der Waals surface area contributed by atoms with Crippen LogP contribution in [0, 0.1) is 22.0 Å². The molecule has 39 heavy (non-hydrogen) atoms. The zero-order valence-electron chi connectivity index (χ0n) is 20.5. The van der Waals surface area contributed by atoms with Gasteiger partial charge in [-0.1, -0.05) is 60.7 Å². The van der Waals surface area contributed by atoms with Crippen LogP contribution in [0.3, 0.4) is 0 Å². The lowest BCUT2D eigenvalue weighted by Crippen LogP contribution is -2.41. The number of ether oxygens (including phenoxy) is 1. The van der Waals surface area contributed by atoms with E-state index in [0.29, 0.717) is 11.5 Å². The van der Waals surface area contributed by atoms with Gasteiger partial charge in [0.2, 0.25) is 0 Å². The first kappa shape index (κ1) is 23.1. The standard InChI is InChI=1S/C30H21N3O6/c34-29-27-25-19-7-1-2-8-20(19)26(22-10-4-3-9-21(22)25)28(27)30(35)32(29)31-15-17-13-14-18(39-17)16-38-24-12-6-5-11-23(24)33(36)37/h1-15,25-28H,16H2/b31-15-/t25?,26?,27-,28-/m1/s1. The van der Waals surface area contributed by atoms with Gasteiger partial charge in [0.1, 0.15) is 18.1 Å². The highest BCUT2D eigenvalue weighted by molar-refractivity contribution is 6.08. The summed E-state index contributed by atoms with van der Waals surface area (Å²) in [6.07, 6.45) is 1.34. The third-order valence-electron chi connectivity index (χ3n) is 7.84. The Morgan fingerprint density at radius 1 is 0.821 bits per heavy atom. The molecule has 4 aliphatic rings. The van der Waals surface area contributed by atoms with E-state index in [1.54, 1.807) is 24.3 Å². The maximum Gasteiger partial charge on any atom is 0.310 e. The van der Waals surface area contributed by atoms with E-state index in [2.05, 4.69) is 29.4 Å². The highest BCUT2D eigenvalue weighted by Gasteiger charge is 2.61. The molecule has 4 aromatic rings. The van der Waals surface area contributed by atoms with E-state index in [-0.39, 0.29) is 41.7 Å². The molecule has 0 unspecified atom stereocenters. The van der Waals surface area contributed by atoms with Crippen molar-refractivity contribution < 1.29 is 23.7 Å².